The highest BCUT2D eigenvalue weighted by molar-refractivity contribution is 8.02. The van der Waals surface area contributed by atoms with Crippen LogP contribution in [0.4, 0.5) is 5.69 Å². The number of likely N-dealkylation sites (tertiary alicyclic amines) is 1. The number of thioether (sulfide) groups is 1. The summed E-state index contributed by atoms with van der Waals surface area (Å²) in [6, 6.07) is 5.55. The first-order valence-corrected chi connectivity index (χ1v) is 12.9. The molecule has 3 fully saturated rings. The van der Waals surface area contributed by atoms with Crippen molar-refractivity contribution in [3.8, 4) is 0 Å². The minimum absolute atomic E-state index is 0.0303. The Balaban J connectivity index is 1.82. The number of hydrogen-bond donors (Lipinski definition) is 1. The van der Waals surface area contributed by atoms with Crippen molar-refractivity contribution >= 4 is 46.8 Å². The Kier molecular flexibility index (Phi) is 7.04. The van der Waals surface area contributed by atoms with Gasteiger partial charge in [0.2, 0.25) is 5.91 Å². The standard InChI is InChI=1S/C25H31ClN2O5S/c1-5-11-27(17-9-7-16(26)8-10-17)23(31)21-25-14(3)12-18(34-25)19(24(32)33-6-2)20(25)22(30)28(21)15(4)13-29/h5,7-10,14-15,18-21,29H,1,6,11-13H2,2-4H3/t14?,15-,18+,19-,20+,21?,25?/m1/s1. The van der Waals surface area contributed by atoms with E-state index in [0.717, 1.165) is 6.42 Å². The molecule has 3 heterocycles. The molecule has 184 valence electrons. The molecule has 1 N–H and O–H groups in total. The molecular weight excluding hydrogens is 476 g/mol. The average molecular weight is 507 g/mol. The largest absolute Gasteiger partial charge is 0.466 e. The van der Waals surface area contributed by atoms with Crippen LogP contribution in [0.2, 0.25) is 5.02 Å². The lowest BCUT2D eigenvalue weighted by Gasteiger charge is -2.41. The van der Waals surface area contributed by atoms with E-state index in [2.05, 4.69) is 13.5 Å². The van der Waals surface area contributed by atoms with E-state index in [1.165, 1.54) is 4.90 Å². The van der Waals surface area contributed by atoms with Gasteiger partial charge in [0.15, 0.2) is 0 Å². The van der Waals surface area contributed by atoms with E-state index in [9.17, 15) is 19.5 Å². The lowest BCUT2D eigenvalue weighted by Crippen LogP contribution is -2.59. The van der Waals surface area contributed by atoms with Crippen LogP contribution in [-0.2, 0) is 19.1 Å². The maximum atomic E-state index is 14.3. The van der Waals surface area contributed by atoms with Crippen molar-refractivity contribution in [3.63, 3.8) is 0 Å². The van der Waals surface area contributed by atoms with Gasteiger partial charge in [-0.25, -0.2) is 0 Å². The van der Waals surface area contributed by atoms with Crippen molar-refractivity contribution in [3.05, 3.63) is 41.9 Å². The Bertz CT molecular complexity index is 988. The number of benzene rings is 1. The number of nitrogens with zero attached hydrogens (tertiary/aromatic N) is 2. The SMILES string of the molecule is C=CCN(C(=O)C1N([C@H](C)CO)C(=O)[C@@H]2[C@H](C(=O)OCC)[C@@H]3CC(C)C12S3)c1ccc(Cl)cc1. The van der Waals surface area contributed by atoms with Gasteiger partial charge in [0.25, 0.3) is 5.91 Å². The molecule has 3 unspecified atom stereocenters. The van der Waals surface area contributed by atoms with E-state index >= 15 is 0 Å². The maximum absolute atomic E-state index is 14.3. The zero-order chi connectivity index (χ0) is 24.8. The molecule has 0 radical (unpaired) electrons. The summed E-state index contributed by atoms with van der Waals surface area (Å²) in [5.74, 6) is -2.11. The number of fused-ring (bicyclic) bond motifs is 1. The number of hydrogen-bond acceptors (Lipinski definition) is 6. The smallest absolute Gasteiger partial charge is 0.310 e. The quantitative estimate of drug-likeness (QED) is 0.430. The summed E-state index contributed by atoms with van der Waals surface area (Å²) >= 11 is 7.65. The third-order valence-corrected chi connectivity index (χ3v) is 9.76. The molecule has 34 heavy (non-hydrogen) atoms. The normalized spacial score (nSPS) is 32.4. The number of aliphatic hydroxyl groups is 1. The third kappa shape index (κ3) is 3.65. The number of rotatable bonds is 8. The van der Waals surface area contributed by atoms with Crippen LogP contribution in [0.15, 0.2) is 36.9 Å². The average Bonchev–Trinajstić information content (AvgIpc) is 3.41. The third-order valence-electron chi connectivity index (χ3n) is 7.43. The van der Waals surface area contributed by atoms with Crippen molar-refractivity contribution in [1.29, 1.82) is 0 Å². The van der Waals surface area contributed by atoms with Crippen LogP contribution in [0, 0.1) is 17.8 Å². The first-order valence-electron chi connectivity index (χ1n) is 11.7. The fourth-order valence-corrected chi connectivity index (χ4v) is 8.54. The van der Waals surface area contributed by atoms with Gasteiger partial charge in [-0.15, -0.1) is 18.3 Å². The van der Waals surface area contributed by atoms with E-state index in [1.807, 2.05) is 0 Å². The van der Waals surface area contributed by atoms with E-state index in [4.69, 9.17) is 16.3 Å². The van der Waals surface area contributed by atoms with Gasteiger partial charge >= 0.3 is 5.97 Å². The van der Waals surface area contributed by atoms with Gasteiger partial charge in [-0.2, -0.15) is 0 Å². The molecule has 0 aliphatic carbocycles. The summed E-state index contributed by atoms with van der Waals surface area (Å²) in [5, 5.41) is 10.5. The molecule has 4 rings (SSSR count). The second-order valence-corrected chi connectivity index (χ2v) is 11.3. The molecule has 1 aromatic rings. The van der Waals surface area contributed by atoms with Crippen LogP contribution in [-0.4, -0.2) is 69.6 Å². The van der Waals surface area contributed by atoms with Crippen molar-refractivity contribution in [2.24, 2.45) is 17.8 Å². The van der Waals surface area contributed by atoms with Gasteiger partial charge < -0.3 is 19.6 Å². The number of aliphatic hydroxyl groups excluding tert-OH is 1. The topological polar surface area (TPSA) is 87.2 Å². The fraction of sp³-hybridized carbons (Fsp3) is 0.560. The molecule has 3 saturated heterocycles. The predicted octanol–water partition coefficient (Wildman–Crippen LogP) is 3.14. The number of amides is 2. The van der Waals surface area contributed by atoms with Gasteiger partial charge in [-0.05, 0) is 50.5 Å². The minimum atomic E-state index is -0.827. The Morgan fingerprint density at radius 1 is 1.41 bits per heavy atom. The van der Waals surface area contributed by atoms with Crippen molar-refractivity contribution in [2.75, 3.05) is 24.7 Å². The van der Waals surface area contributed by atoms with E-state index in [0.29, 0.717) is 10.7 Å². The number of carbonyl (C=O) groups is 3. The maximum Gasteiger partial charge on any atom is 0.310 e. The van der Waals surface area contributed by atoms with Gasteiger partial charge in [0.1, 0.15) is 6.04 Å². The molecule has 9 heteroatoms. The molecule has 7 nitrogen and oxygen atoms in total. The highest BCUT2D eigenvalue weighted by Gasteiger charge is 2.77. The number of esters is 1. The van der Waals surface area contributed by atoms with E-state index < -0.39 is 28.7 Å². The van der Waals surface area contributed by atoms with Gasteiger partial charge in [0.05, 0.1) is 35.8 Å². The number of ether oxygens (including phenoxy) is 1. The van der Waals surface area contributed by atoms with Crippen molar-refractivity contribution in [1.82, 2.24) is 4.90 Å². The molecule has 1 aromatic carbocycles. The van der Waals surface area contributed by atoms with Crippen LogP contribution in [0.5, 0.6) is 0 Å². The molecule has 0 saturated carbocycles. The summed E-state index contributed by atoms with van der Waals surface area (Å²) in [4.78, 5) is 44.3. The molecule has 1 spiro atoms. The van der Waals surface area contributed by atoms with Crippen molar-refractivity contribution in [2.45, 2.75) is 49.3 Å². The monoisotopic (exact) mass is 506 g/mol. The van der Waals surface area contributed by atoms with Crippen LogP contribution in [0.1, 0.15) is 27.2 Å². The predicted molar refractivity (Wildman–Crippen MR) is 133 cm³/mol. The van der Waals surface area contributed by atoms with Crippen molar-refractivity contribution < 1.29 is 24.2 Å². The first-order chi connectivity index (χ1) is 16.2. The summed E-state index contributed by atoms with van der Waals surface area (Å²) in [6.07, 6.45) is 2.37. The lowest BCUT2D eigenvalue weighted by molar-refractivity contribution is -0.154. The number of carbonyl (C=O) groups excluding carboxylic acids is 3. The summed E-state index contributed by atoms with van der Waals surface area (Å²) in [6.45, 7) is 9.55. The fourth-order valence-electron chi connectivity index (χ4n) is 6.03. The molecule has 2 bridgehead atoms. The Hall–Kier alpha value is -2.03. The molecule has 3 aliphatic heterocycles. The minimum Gasteiger partial charge on any atom is -0.466 e. The zero-order valence-corrected chi connectivity index (χ0v) is 21.2. The van der Waals surface area contributed by atoms with Crippen LogP contribution in [0.25, 0.3) is 0 Å². The highest BCUT2D eigenvalue weighted by atomic mass is 35.5. The Morgan fingerprint density at radius 3 is 2.68 bits per heavy atom. The highest BCUT2D eigenvalue weighted by Crippen LogP contribution is 2.69. The summed E-state index contributed by atoms with van der Waals surface area (Å²) in [7, 11) is 0. The second kappa shape index (κ2) is 9.55. The van der Waals surface area contributed by atoms with Crippen LogP contribution < -0.4 is 4.90 Å². The zero-order valence-electron chi connectivity index (χ0n) is 19.6. The van der Waals surface area contributed by atoms with Gasteiger partial charge in [-0.1, -0.05) is 24.6 Å². The molecule has 3 aliphatic rings. The summed E-state index contributed by atoms with van der Waals surface area (Å²) in [5.41, 5.74) is 0.644. The molecule has 0 aromatic heterocycles. The first kappa shape index (κ1) is 25.1. The Morgan fingerprint density at radius 2 is 2.09 bits per heavy atom. The molecular formula is C25H31ClN2O5S. The van der Waals surface area contributed by atoms with E-state index in [1.54, 1.807) is 60.9 Å². The van der Waals surface area contributed by atoms with Gasteiger partial charge in [-0.3, -0.25) is 14.4 Å². The van der Waals surface area contributed by atoms with E-state index in [-0.39, 0.29) is 48.7 Å². The van der Waals surface area contributed by atoms with Crippen LogP contribution >= 0.6 is 23.4 Å². The number of halogens is 1. The van der Waals surface area contributed by atoms with Crippen LogP contribution in [0.3, 0.4) is 0 Å². The lowest BCUT2D eigenvalue weighted by atomic mass is 9.66. The summed E-state index contributed by atoms with van der Waals surface area (Å²) < 4.78 is 4.59. The Labute approximate surface area is 209 Å². The van der Waals surface area contributed by atoms with Gasteiger partial charge in [0, 0.05) is 22.5 Å². The second-order valence-electron chi connectivity index (χ2n) is 9.30. The molecule has 7 atom stereocenters. The number of anilines is 1. The molecule has 2 amide bonds.